The number of anilines is 1. The van der Waals surface area contributed by atoms with Gasteiger partial charge in [0.25, 0.3) is 5.91 Å². The number of aromatic nitrogens is 2. The van der Waals surface area contributed by atoms with Crippen molar-refractivity contribution in [2.24, 2.45) is 0 Å². The van der Waals surface area contributed by atoms with E-state index in [1.54, 1.807) is 0 Å². The van der Waals surface area contributed by atoms with Crippen LogP contribution in [0.15, 0.2) is 35.5 Å². The smallest absolute Gasteiger partial charge is 0.416 e. The van der Waals surface area contributed by atoms with Gasteiger partial charge in [-0.05, 0) is 30.7 Å². The Balaban J connectivity index is 1.53. The summed E-state index contributed by atoms with van der Waals surface area (Å²) in [5.74, 6) is -0.881. The van der Waals surface area contributed by atoms with E-state index >= 15 is 0 Å². The number of aryl methyl sites for hydroxylation is 1. The summed E-state index contributed by atoms with van der Waals surface area (Å²) in [5.41, 5.74) is -0.846. The van der Waals surface area contributed by atoms with Crippen molar-refractivity contribution in [1.29, 1.82) is 0 Å². The lowest BCUT2D eigenvalue weighted by Crippen LogP contribution is -2.49. The first-order valence-corrected chi connectivity index (χ1v) is 12.3. The Bertz CT molecular complexity index is 1220. The molecule has 1 aromatic carbocycles. The van der Waals surface area contributed by atoms with Gasteiger partial charge in [0.1, 0.15) is 10.6 Å². The van der Waals surface area contributed by atoms with Crippen molar-refractivity contribution in [3.63, 3.8) is 0 Å². The lowest BCUT2D eigenvalue weighted by molar-refractivity contribution is -0.137. The number of alkyl halides is 3. The maximum Gasteiger partial charge on any atom is 0.416 e. The molecule has 1 aliphatic rings. The number of halogens is 3. The number of carboxylic acids is 1. The molecule has 3 aromatic rings. The fourth-order valence-electron chi connectivity index (χ4n) is 3.68. The number of nitrogens with zero attached hydrogens (tertiary/aromatic N) is 4. The summed E-state index contributed by atoms with van der Waals surface area (Å²) in [6.07, 6.45) is -3.68. The molecule has 34 heavy (non-hydrogen) atoms. The van der Waals surface area contributed by atoms with Crippen LogP contribution in [0.2, 0.25) is 0 Å². The van der Waals surface area contributed by atoms with Crippen LogP contribution in [-0.4, -0.2) is 63.8 Å². The number of carbonyl (C=O) groups is 2. The number of thioether (sulfide) groups is 1. The number of rotatable bonds is 6. The molecule has 3 heterocycles. The molecule has 4 rings (SSSR count). The van der Waals surface area contributed by atoms with Gasteiger partial charge in [-0.2, -0.15) is 13.2 Å². The maximum atomic E-state index is 13.0. The number of amides is 1. The van der Waals surface area contributed by atoms with Crippen LogP contribution in [0.25, 0.3) is 10.2 Å². The highest BCUT2D eigenvalue weighted by atomic mass is 32.2. The average molecular weight is 511 g/mol. The van der Waals surface area contributed by atoms with E-state index in [9.17, 15) is 22.8 Å². The molecular weight excluding hydrogens is 489 g/mol. The van der Waals surface area contributed by atoms with Gasteiger partial charge in [-0.3, -0.25) is 9.59 Å². The number of benzene rings is 1. The van der Waals surface area contributed by atoms with Crippen molar-refractivity contribution in [2.75, 3.05) is 36.8 Å². The Kier molecular flexibility index (Phi) is 6.99. The summed E-state index contributed by atoms with van der Waals surface area (Å²) in [6, 6.07) is 6.48. The van der Waals surface area contributed by atoms with Crippen LogP contribution in [0, 0.1) is 0 Å². The fourth-order valence-corrected chi connectivity index (χ4v) is 5.25. The van der Waals surface area contributed by atoms with E-state index < -0.39 is 23.6 Å². The molecule has 7 nitrogen and oxygen atoms in total. The van der Waals surface area contributed by atoms with Crippen LogP contribution in [0.3, 0.4) is 0 Å². The number of fused-ring (bicyclic) bond motifs is 1. The number of piperazine rings is 1. The van der Waals surface area contributed by atoms with Crippen molar-refractivity contribution < 1.29 is 27.9 Å². The summed E-state index contributed by atoms with van der Waals surface area (Å²) >= 11 is 2.58. The van der Waals surface area contributed by atoms with E-state index in [0.29, 0.717) is 37.2 Å². The SMILES string of the molecule is CCc1cc2c(N3CCN(C(=O)c4cccc(C(F)(F)F)c4)CC3)nc(SCC(=O)O)nc2s1. The van der Waals surface area contributed by atoms with E-state index in [2.05, 4.69) is 9.97 Å². The van der Waals surface area contributed by atoms with Crippen LogP contribution in [0.5, 0.6) is 0 Å². The van der Waals surface area contributed by atoms with Crippen LogP contribution in [-0.2, 0) is 17.4 Å². The largest absolute Gasteiger partial charge is 0.481 e. The first-order valence-electron chi connectivity index (χ1n) is 10.5. The topological polar surface area (TPSA) is 86.6 Å². The monoisotopic (exact) mass is 510 g/mol. The molecular formula is C22H21F3N4O3S2. The number of carbonyl (C=O) groups excluding carboxylic acids is 1. The van der Waals surface area contributed by atoms with Crippen molar-refractivity contribution in [1.82, 2.24) is 14.9 Å². The molecule has 0 spiro atoms. The van der Waals surface area contributed by atoms with E-state index in [1.165, 1.54) is 28.4 Å². The van der Waals surface area contributed by atoms with Gasteiger partial charge in [-0.15, -0.1) is 11.3 Å². The zero-order valence-electron chi connectivity index (χ0n) is 18.1. The van der Waals surface area contributed by atoms with Crippen LogP contribution >= 0.6 is 23.1 Å². The van der Waals surface area contributed by atoms with Gasteiger partial charge in [-0.1, -0.05) is 24.8 Å². The van der Waals surface area contributed by atoms with Crippen molar-refractivity contribution >= 4 is 51.0 Å². The van der Waals surface area contributed by atoms with Gasteiger partial charge in [-0.25, -0.2) is 9.97 Å². The molecule has 2 aromatic heterocycles. The van der Waals surface area contributed by atoms with Crippen molar-refractivity contribution in [3.05, 3.63) is 46.3 Å². The average Bonchev–Trinajstić information content (AvgIpc) is 3.25. The highest BCUT2D eigenvalue weighted by Gasteiger charge is 2.32. The number of thiophene rings is 1. The fraction of sp³-hybridized carbons (Fsp3) is 0.364. The molecule has 1 fully saturated rings. The minimum atomic E-state index is -4.51. The van der Waals surface area contributed by atoms with Crippen molar-refractivity contribution in [3.8, 4) is 0 Å². The molecule has 0 bridgehead atoms. The first-order chi connectivity index (χ1) is 16.2. The van der Waals surface area contributed by atoms with E-state index in [0.717, 1.165) is 45.4 Å². The Labute approximate surface area is 201 Å². The number of hydrogen-bond donors (Lipinski definition) is 1. The first kappa shape index (κ1) is 24.3. The predicted octanol–water partition coefficient (Wildman–Crippen LogP) is 4.41. The molecule has 1 amide bonds. The Morgan fingerprint density at radius 2 is 1.88 bits per heavy atom. The molecule has 12 heteroatoms. The second-order valence-corrected chi connectivity index (χ2v) is 9.71. The number of aliphatic carboxylic acids is 1. The maximum absolute atomic E-state index is 13.0. The second kappa shape index (κ2) is 9.79. The molecule has 0 radical (unpaired) electrons. The summed E-state index contributed by atoms with van der Waals surface area (Å²) in [6.45, 7) is 3.57. The zero-order chi connectivity index (χ0) is 24.5. The van der Waals surface area contributed by atoms with Crippen molar-refractivity contribution in [2.45, 2.75) is 24.7 Å². The molecule has 1 aliphatic heterocycles. The molecule has 180 valence electrons. The van der Waals surface area contributed by atoms with E-state index in [-0.39, 0.29) is 11.3 Å². The summed E-state index contributed by atoms with van der Waals surface area (Å²) in [4.78, 5) is 38.4. The third-order valence-electron chi connectivity index (χ3n) is 5.38. The van der Waals surface area contributed by atoms with Crippen LogP contribution in [0.4, 0.5) is 19.0 Å². The summed E-state index contributed by atoms with van der Waals surface area (Å²) in [7, 11) is 0. The highest BCUT2D eigenvalue weighted by molar-refractivity contribution is 7.99. The predicted molar refractivity (Wildman–Crippen MR) is 125 cm³/mol. The highest BCUT2D eigenvalue weighted by Crippen LogP contribution is 2.34. The molecule has 1 N–H and O–H groups in total. The minimum Gasteiger partial charge on any atom is -0.481 e. The zero-order valence-corrected chi connectivity index (χ0v) is 19.8. The van der Waals surface area contributed by atoms with Gasteiger partial charge < -0.3 is 14.9 Å². The third-order valence-corrected chi connectivity index (χ3v) is 7.38. The molecule has 0 atom stereocenters. The standard InChI is InChI=1S/C22H21F3N4O3S2/c1-2-15-11-16-18(26-21(27-19(16)34-15)33-12-17(30)31)28-6-8-29(9-7-28)20(32)13-4-3-5-14(10-13)22(23,24)25/h3-5,10-11H,2,6-9,12H2,1H3,(H,30,31). The van der Waals surface area contributed by atoms with Crippen LogP contribution in [0.1, 0.15) is 27.7 Å². The lowest BCUT2D eigenvalue weighted by Gasteiger charge is -2.35. The normalized spacial score (nSPS) is 14.6. The van der Waals surface area contributed by atoms with Gasteiger partial charge in [0, 0.05) is 36.6 Å². The van der Waals surface area contributed by atoms with Gasteiger partial charge in [0.05, 0.1) is 16.7 Å². The van der Waals surface area contributed by atoms with Gasteiger partial charge >= 0.3 is 12.1 Å². The summed E-state index contributed by atoms with van der Waals surface area (Å²) < 4.78 is 39.1. The third kappa shape index (κ3) is 5.27. The Morgan fingerprint density at radius 1 is 1.15 bits per heavy atom. The quantitative estimate of drug-likeness (QED) is 0.388. The Morgan fingerprint density at radius 3 is 2.53 bits per heavy atom. The van der Waals surface area contributed by atoms with E-state index in [1.807, 2.05) is 17.9 Å². The van der Waals surface area contributed by atoms with Crippen LogP contribution < -0.4 is 4.90 Å². The molecule has 0 aliphatic carbocycles. The van der Waals surface area contributed by atoms with Gasteiger partial charge in [0.2, 0.25) is 0 Å². The lowest BCUT2D eigenvalue weighted by atomic mass is 10.1. The second-order valence-electron chi connectivity index (χ2n) is 7.66. The number of carboxylic acid groups (broad SMARTS) is 1. The molecule has 1 saturated heterocycles. The summed E-state index contributed by atoms with van der Waals surface area (Å²) in [5, 5.41) is 10.2. The van der Waals surface area contributed by atoms with E-state index in [4.69, 9.17) is 5.11 Å². The Hall–Kier alpha value is -2.86. The molecule has 0 saturated carbocycles. The minimum absolute atomic E-state index is 0.00507. The van der Waals surface area contributed by atoms with Gasteiger partial charge in [0.15, 0.2) is 5.16 Å². The molecule has 0 unspecified atom stereocenters. The number of hydrogen-bond acceptors (Lipinski definition) is 7.